The van der Waals surface area contributed by atoms with Crippen LogP contribution in [0, 0.1) is 0 Å². The third-order valence-corrected chi connectivity index (χ3v) is 8.01. The molecule has 0 radical (unpaired) electrons. The molecule has 6 aromatic carbocycles. The van der Waals surface area contributed by atoms with Gasteiger partial charge in [0.1, 0.15) is 22.3 Å². The highest BCUT2D eigenvalue weighted by Gasteiger charge is 2.19. The number of hydrogen-bond acceptors (Lipinski definition) is 2. The van der Waals surface area contributed by atoms with E-state index in [9.17, 15) is 0 Å². The van der Waals surface area contributed by atoms with Crippen molar-refractivity contribution in [1.82, 2.24) is 4.57 Å². The largest absolute Gasteiger partial charge is 0.456 e. The fourth-order valence-corrected chi connectivity index (χ4v) is 6.36. The number of para-hydroxylation sites is 3. The highest BCUT2D eigenvalue weighted by Crippen LogP contribution is 2.41. The van der Waals surface area contributed by atoms with Crippen molar-refractivity contribution in [2.45, 2.75) is 0 Å². The van der Waals surface area contributed by atoms with Crippen LogP contribution in [0.15, 0.2) is 136 Å². The van der Waals surface area contributed by atoms with Crippen molar-refractivity contribution in [3.05, 3.63) is 127 Å². The van der Waals surface area contributed by atoms with Crippen LogP contribution in [0.2, 0.25) is 0 Å². The van der Waals surface area contributed by atoms with Gasteiger partial charge in [-0.25, -0.2) is 0 Å². The van der Waals surface area contributed by atoms with Crippen molar-refractivity contribution in [2.75, 3.05) is 0 Å². The lowest BCUT2D eigenvalue weighted by Gasteiger charge is -2.10. The second kappa shape index (κ2) is 7.62. The second-order valence-corrected chi connectivity index (χ2v) is 10.1. The summed E-state index contributed by atoms with van der Waals surface area (Å²) in [6.45, 7) is 0. The summed E-state index contributed by atoms with van der Waals surface area (Å²) < 4.78 is 15.0. The van der Waals surface area contributed by atoms with E-state index in [1.807, 2.05) is 18.2 Å². The molecule has 9 aromatic rings. The molecule has 3 heteroatoms. The highest BCUT2D eigenvalue weighted by atomic mass is 16.3. The van der Waals surface area contributed by atoms with Crippen LogP contribution in [0.5, 0.6) is 0 Å². The van der Waals surface area contributed by atoms with Gasteiger partial charge in [0, 0.05) is 26.9 Å². The molecule has 0 aliphatic rings. The van der Waals surface area contributed by atoms with Gasteiger partial charge in [-0.05, 0) is 59.7 Å². The van der Waals surface area contributed by atoms with Gasteiger partial charge < -0.3 is 13.4 Å². The van der Waals surface area contributed by atoms with Crippen LogP contribution < -0.4 is 0 Å². The molecule has 39 heavy (non-hydrogen) atoms. The van der Waals surface area contributed by atoms with E-state index in [1.54, 1.807) is 0 Å². The molecule has 3 heterocycles. The summed E-state index contributed by atoms with van der Waals surface area (Å²) in [6, 6.07) is 44.7. The molecule has 0 unspecified atom stereocenters. The summed E-state index contributed by atoms with van der Waals surface area (Å²) in [7, 11) is 0. The van der Waals surface area contributed by atoms with E-state index in [0.717, 1.165) is 60.7 Å². The fourth-order valence-electron chi connectivity index (χ4n) is 6.36. The molecule has 3 aromatic heterocycles. The normalized spacial score (nSPS) is 12.1. The first-order valence-corrected chi connectivity index (χ1v) is 13.2. The standard InChI is InChI=1S/C36H21NO2/c1-4-13-28-24(9-1)25-10-2-5-14-29(25)37(28)30-15-8-18-34-36(30)27-21-22(19-20-32(27)39-34)23-12-7-17-33-35(23)26-11-3-6-16-31(26)38-33/h1-21H. The lowest BCUT2D eigenvalue weighted by molar-refractivity contribution is 0.668. The van der Waals surface area contributed by atoms with Crippen LogP contribution in [0.1, 0.15) is 0 Å². The molecular formula is C36H21NO2. The smallest absolute Gasteiger partial charge is 0.137 e. The molecular weight excluding hydrogens is 478 g/mol. The summed E-state index contributed by atoms with van der Waals surface area (Å²) in [5, 5.41) is 6.98. The maximum atomic E-state index is 6.42. The van der Waals surface area contributed by atoms with E-state index in [-0.39, 0.29) is 0 Å². The van der Waals surface area contributed by atoms with Gasteiger partial charge >= 0.3 is 0 Å². The summed E-state index contributed by atoms with van der Waals surface area (Å²) in [4.78, 5) is 0. The SMILES string of the molecule is c1ccc2c(c1)oc1cccc(-c3ccc4oc5cccc(-n6c7ccccc7c7ccccc76)c5c4c3)c12. The van der Waals surface area contributed by atoms with Crippen LogP contribution in [-0.2, 0) is 0 Å². The Bertz CT molecular complexity index is 2350. The van der Waals surface area contributed by atoms with Crippen LogP contribution in [-0.4, -0.2) is 4.57 Å². The summed E-state index contributed by atoms with van der Waals surface area (Å²) in [6.07, 6.45) is 0. The monoisotopic (exact) mass is 499 g/mol. The minimum absolute atomic E-state index is 0.881. The van der Waals surface area contributed by atoms with Gasteiger partial charge in [-0.15, -0.1) is 0 Å². The predicted molar refractivity (Wildman–Crippen MR) is 161 cm³/mol. The van der Waals surface area contributed by atoms with Crippen molar-refractivity contribution in [3.63, 3.8) is 0 Å². The van der Waals surface area contributed by atoms with Crippen molar-refractivity contribution in [2.24, 2.45) is 0 Å². The van der Waals surface area contributed by atoms with E-state index >= 15 is 0 Å². The lowest BCUT2D eigenvalue weighted by Crippen LogP contribution is -1.94. The minimum atomic E-state index is 0.881. The maximum absolute atomic E-state index is 6.42. The number of nitrogens with zero attached hydrogens (tertiary/aromatic N) is 1. The van der Waals surface area contributed by atoms with E-state index < -0.39 is 0 Å². The number of furan rings is 2. The quantitative estimate of drug-likeness (QED) is 0.237. The number of fused-ring (bicyclic) bond motifs is 9. The molecule has 0 spiro atoms. The fraction of sp³-hybridized carbons (Fsp3) is 0. The number of aromatic nitrogens is 1. The average Bonchev–Trinajstić information content (AvgIpc) is 3.66. The van der Waals surface area contributed by atoms with Crippen LogP contribution in [0.25, 0.3) is 82.5 Å². The highest BCUT2D eigenvalue weighted by molar-refractivity contribution is 6.16. The molecule has 0 aliphatic heterocycles. The van der Waals surface area contributed by atoms with Crippen molar-refractivity contribution >= 4 is 65.7 Å². The molecule has 3 nitrogen and oxygen atoms in total. The Morgan fingerprint density at radius 3 is 1.77 bits per heavy atom. The second-order valence-electron chi connectivity index (χ2n) is 10.1. The summed E-state index contributed by atoms with van der Waals surface area (Å²) >= 11 is 0. The zero-order valence-corrected chi connectivity index (χ0v) is 20.9. The third kappa shape index (κ3) is 2.82. The summed E-state index contributed by atoms with van der Waals surface area (Å²) in [5.41, 5.74) is 9.35. The average molecular weight is 500 g/mol. The van der Waals surface area contributed by atoms with Gasteiger partial charge in [-0.1, -0.05) is 78.9 Å². The van der Waals surface area contributed by atoms with E-state index in [0.29, 0.717) is 0 Å². The Morgan fingerprint density at radius 2 is 1.00 bits per heavy atom. The van der Waals surface area contributed by atoms with Crippen LogP contribution >= 0.6 is 0 Å². The zero-order valence-electron chi connectivity index (χ0n) is 20.9. The number of benzene rings is 6. The van der Waals surface area contributed by atoms with Gasteiger partial charge in [-0.2, -0.15) is 0 Å². The molecule has 182 valence electrons. The van der Waals surface area contributed by atoms with Gasteiger partial charge in [0.05, 0.1) is 22.1 Å². The third-order valence-electron chi connectivity index (χ3n) is 8.01. The van der Waals surface area contributed by atoms with Gasteiger partial charge in [0.15, 0.2) is 0 Å². The first-order valence-electron chi connectivity index (χ1n) is 13.2. The molecule has 0 bridgehead atoms. The number of rotatable bonds is 2. The van der Waals surface area contributed by atoms with Crippen LogP contribution in [0.3, 0.4) is 0 Å². The first kappa shape index (κ1) is 20.7. The lowest BCUT2D eigenvalue weighted by atomic mass is 9.97. The van der Waals surface area contributed by atoms with Crippen molar-refractivity contribution < 1.29 is 8.83 Å². The Hall–Kier alpha value is -5.28. The Labute approximate surface area is 223 Å². The maximum Gasteiger partial charge on any atom is 0.137 e. The van der Waals surface area contributed by atoms with Crippen LogP contribution in [0.4, 0.5) is 0 Å². The first-order chi connectivity index (χ1) is 19.3. The predicted octanol–water partition coefficient (Wildman–Crippen LogP) is 10.2. The van der Waals surface area contributed by atoms with E-state index in [2.05, 4.69) is 114 Å². The molecule has 0 aliphatic carbocycles. The molecule has 0 saturated carbocycles. The number of hydrogen-bond donors (Lipinski definition) is 0. The minimum Gasteiger partial charge on any atom is -0.456 e. The van der Waals surface area contributed by atoms with E-state index in [1.165, 1.54) is 21.8 Å². The van der Waals surface area contributed by atoms with Crippen molar-refractivity contribution in [1.29, 1.82) is 0 Å². The molecule has 9 rings (SSSR count). The Balaban J connectivity index is 1.38. The zero-order chi connectivity index (χ0) is 25.5. The Morgan fingerprint density at radius 1 is 0.410 bits per heavy atom. The molecule has 0 atom stereocenters. The van der Waals surface area contributed by atoms with Gasteiger partial charge in [0.2, 0.25) is 0 Å². The Kier molecular flexibility index (Phi) is 4.05. The molecule has 0 N–H and O–H groups in total. The van der Waals surface area contributed by atoms with Gasteiger partial charge in [0.25, 0.3) is 0 Å². The van der Waals surface area contributed by atoms with Gasteiger partial charge in [-0.3, -0.25) is 0 Å². The van der Waals surface area contributed by atoms with E-state index in [4.69, 9.17) is 8.83 Å². The summed E-state index contributed by atoms with van der Waals surface area (Å²) in [5.74, 6) is 0. The molecule has 0 amide bonds. The molecule has 0 fully saturated rings. The molecule has 0 saturated heterocycles. The van der Waals surface area contributed by atoms with Crippen molar-refractivity contribution in [3.8, 4) is 16.8 Å². The topological polar surface area (TPSA) is 31.2 Å².